The van der Waals surface area contributed by atoms with Crippen LogP contribution >= 0.6 is 0 Å². The van der Waals surface area contributed by atoms with Gasteiger partial charge in [-0.05, 0) is 12.2 Å². The molecule has 0 unspecified atom stereocenters. The van der Waals surface area contributed by atoms with Crippen molar-refractivity contribution in [1.29, 1.82) is 0 Å². The van der Waals surface area contributed by atoms with E-state index in [2.05, 4.69) is 0 Å². The third-order valence-corrected chi connectivity index (χ3v) is 1.17. The molecule has 0 radical (unpaired) electrons. The summed E-state index contributed by atoms with van der Waals surface area (Å²) in [4.78, 5) is 10.5. The summed E-state index contributed by atoms with van der Waals surface area (Å²) in [5.41, 5.74) is 0. The lowest BCUT2D eigenvalue weighted by Crippen LogP contribution is -1.92. The predicted molar refractivity (Wildman–Crippen MR) is 35.2 cm³/mol. The molecule has 3 heteroatoms. The summed E-state index contributed by atoms with van der Waals surface area (Å²) in [5, 5.41) is 8.24. The van der Waals surface area contributed by atoms with Gasteiger partial charge in [0.25, 0.3) is 0 Å². The number of cyclic esters (lactones) is 1. The Morgan fingerprint density at radius 1 is 1.80 bits per heavy atom. The van der Waals surface area contributed by atoms with Gasteiger partial charge >= 0.3 is 5.97 Å². The molecule has 3 nitrogen and oxygen atoms in total. The molecule has 1 heterocycles. The van der Waals surface area contributed by atoms with Crippen LogP contribution in [-0.2, 0) is 9.53 Å². The van der Waals surface area contributed by atoms with Crippen molar-refractivity contribution in [2.75, 3.05) is 0 Å². The Hall–Kier alpha value is -1.25. The molecule has 54 valence electrons. The van der Waals surface area contributed by atoms with E-state index < -0.39 is 0 Å². The SMILES string of the molecule is O=C1CC=C(CC=CO)O1. The minimum absolute atomic E-state index is 0.221. The first-order chi connectivity index (χ1) is 4.83. The van der Waals surface area contributed by atoms with E-state index in [-0.39, 0.29) is 5.97 Å². The topological polar surface area (TPSA) is 46.5 Å². The minimum atomic E-state index is -0.221. The molecule has 0 saturated carbocycles. The summed E-state index contributed by atoms with van der Waals surface area (Å²) < 4.78 is 4.72. The Balaban J connectivity index is 2.37. The van der Waals surface area contributed by atoms with E-state index in [9.17, 15) is 4.79 Å². The Morgan fingerprint density at radius 2 is 2.60 bits per heavy atom. The van der Waals surface area contributed by atoms with Crippen LogP contribution in [0.2, 0.25) is 0 Å². The smallest absolute Gasteiger partial charge is 0.314 e. The van der Waals surface area contributed by atoms with Gasteiger partial charge in [0.15, 0.2) is 0 Å². The Morgan fingerprint density at radius 3 is 3.10 bits per heavy atom. The second-order valence-electron chi connectivity index (χ2n) is 1.94. The monoisotopic (exact) mass is 140 g/mol. The summed E-state index contributed by atoms with van der Waals surface area (Å²) in [6.45, 7) is 0. The van der Waals surface area contributed by atoms with Crippen molar-refractivity contribution in [3.05, 3.63) is 24.2 Å². The Kier molecular flexibility index (Phi) is 2.10. The molecule has 0 saturated heterocycles. The second kappa shape index (κ2) is 3.06. The zero-order chi connectivity index (χ0) is 7.40. The number of rotatable bonds is 2. The number of carbonyl (C=O) groups is 1. The van der Waals surface area contributed by atoms with Crippen LogP contribution in [0.25, 0.3) is 0 Å². The first kappa shape index (κ1) is 6.86. The molecule has 0 aromatic carbocycles. The van der Waals surface area contributed by atoms with Gasteiger partial charge in [-0.1, -0.05) is 0 Å². The van der Waals surface area contributed by atoms with Crippen LogP contribution in [-0.4, -0.2) is 11.1 Å². The van der Waals surface area contributed by atoms with E-state index in [0.29, 0.717) is 18.6 Å². The van der Waals surface area contributed by atoms with E-state index in [1.54, 1.807) is 6.08 Å². The number of hydrogen-bond donors (Lipinski definition) is 1. The molecule has 1 aliphatic rings. The molecule has 0 aromatic rings. The van der Waals surface area contributed by atoms with E-state index >= 15 is 0 Å². The van der Waals surface area contributed by atoms with Crippen LogP contribution in [0.4, 0.5) is 0 Å². The van der Waals surface area contributed by atoms with Crippen molar-refractivity contribution in [1.82, 2.24) is 0 Å². The van der Waals surface area contributed by atoms with Crippen molar-refractivity contribution in [2.24, 2.45) is 0 Å². The van der Waals surface area contributed by atoms with E-state index in [0.717, 1.165) is 6.26 Å². The van der Waals surface area contributed by atoms with E-state index in [1.807, 2.05) is 0 Å². The average Bonchev–Trinajstić information content (AvgIpc) is 2.31. The summed E-state index contributed by atoms with van der Waals surface area (Å²) in [6, 6.07) is 0. The van der Waals surface area contributed by atoms with Gasteiger partial charge in [0.2, 0.25) is 0 Å². The van der Waals surface area contributed by atoms with Crippen LogP contribution in [0, 0.1) is 0 Å². The van der Waals surface area contributed by atoms with Gasteiger partial charge in [-0.3, -0.25) is 4.79 Å². The van der Waals surface area contributed by atoms with Crippen molar-refractivity contribution < 1.29 is 14.6 Å². The zero-order valence-corrected chi connectivity index (χ0v) is 5.41. The normalized spacial score (nSPS) is 17.6. The molecule has 10 heavy (non-hydrogen) atoms. The number of hydrogen-bond acceptors (Lipinski definition) is 3. The highest BCUT2D eigenvalue weighted by molar-refractivity contribution is 5.75. The molecule has 0 spiro atoms. The van der Waals surface area contributed by atoms with Crippen molar-refractivity contribution >= 4 is 5.97 Å². The molecule has 0 atom stereocenters. The molecule has 1 aliphatic heterocycles. The summed E-state index contributed by atoms with van der Waals surface area (Å²) >= 11 is 0. The fourth-order valence-electron chi connectivity index (χ4n) is 0.721. The summed E-state index contributed by atoms with van der Waals surface area (Å²) in [7, 11) is 0. The number of allylic oxidation sites excluding steroid dienone is 1. The fraction of sp³-hybridized carbons (Fsp3) is 0.286. The Labute approximate surface area is 58.6 Å². The Bertz CT molecular complexity index is 191. The maximum Gasteiger partial charge on any atom is 0.314 e. The van der Waals surface area contributed by atoms with E-state index in [1.165, 1.54) is 6.08 Å². The maximum absolute atomic E-state index is 10.5. The number of carbonyl (C=O) groups excluding carboxylic acids is 1. The van der Waals surface area contributed by atoms with Gasteiger partial charge in [0, 0.05) is 6.42 Å². The molecule has 0 aromatic heterocycles. The van der Waals surface area contributed by atoms with Crippen molar-refractivity contribution in [3.8, 4) is 0 Å². The molecular weight excluding hydrogens is 132 g/mol. The van der Waals surface area contributed by atoms with Gasteiger partial charge in [-0.15, -0.1) is 0 Å². The molecule has 0 bridgehead atoms. The predicted octanol–water partition coefficient (Wildman–Crippen LogP) is 1.28. The van der Waals surface area contributed by atoms with Crippen LogP contribution in [0.1, 0.15) is 12.8 Å². The lowest BCUT2D eigenvalue weighted by Gasteiger charge is -1.94. The van der Waals surface area contributed by atoms with Crippen molar-refractivity contribution in [3.63, 3.8) is 0 Å². The average molecular weight is 140 g/mol. The molecule has 1 N–H and O–H groups in total. The number of ether oxygens (including phenoxy) is 1. The number of aliphatic hydroxyl groups is 1. The number of aliphatic hydroxyl groups excluding tert-OH is 1. The van der Waals surface area contributed by atoms with Crippen LogP contribution < -0.4 is 0 Å². The van der Waals surface area contributed by atoms with Crippen LogP contribution in [0.15, 0.2) is 24.2 Å². The lowest BCUT2D eigenvalue weighted by molar-refractivity contribution is -0.136. The van der Waals surface area contributed by atoms with Gasteiger partial charge in [0.1, 0.15) is 5.76 Å². The van der Waals surface area contributed by atoms with Gasteiger partial charge in [-0.2, -0.15) is 0 Å². The quantitative estimate of drug-likeness (QED) is 0.464. The first-order valence-corrected chi connectivity index (χ1v) is 3.02. The highest BCUT2D eigenvalue weighted by Gasteiger charge is 2.11. The fourth-order valence-corrected chi connectivity index (χ4v) is 0.721. The van der Waals surface area contributed by atoms with Crippen LogP contribution in [0.5, 0.6) is 0 Å². The van der Waals surface area contributed by atoms with E-state index in [4.69, 9.17) is 9.84 Å². The third-order valence-electron chi connectivity index (χ3n) is 1.17. The van der Waals surface area contributed by atoms with Gasteiger partial charge in [0.05, 0.1) is 12.7 Å². The summed E-state index contributed by atoms with van der Waals surface area (Å²) in [6.07, 6.45) is 5.01. The number of esters is 1. The highest BCUT2D eigenvalue weighted by atomic mass is 16.5. The maximum atomic E-state index is 10.5. The summed E-state index contributed by atoms with van der Waals surface area (Å²) in [5.74, 6) is 0.400. The first-order valence-electron chi connectivity index (χ1n) is 3.02. The van der Waals surface area contributed by atoms with Crippen molar-refractivity contribution in [2.45, 2.75) is 12.8 Å². The zero-order valence-electron chi connectivity index (χ0n) is 5.41. The third kappa shape index (κ3) is 1.62. The molecule has 0 aliphatic carbocycles. The van der Waals surface area contributed by atoms with Gasteiger partial charge < -0.3 is 9.84 Å². The lowest BCUT2D eigenvalue weighted by atomic mass is 10.3. The molecule has 1 rings (SSSR count). The molecular formula is C7H8O3. The van der Waals surface area contributed by atoms with Crippen LogP contribution in [0.3, 0.4) is 0 Å². The minimum Gasteiger partial charge on any atom is -0.516 e. The molecule has 0 amide bonds. The second-order valence-corrected chi connectivity index (χ2v) is 1.94. The standard InChI is InChI=1S/C7H8O3/c8-5-1-2-6-3-4-7(9)10-6/h1,3,5,8H,2,4H2. The largest absolute Gasteiger partial charge is 0.516 e. The molecule has 0 fully saturated rings. The highest BCUT2D eigenvalue weighted by Crippen LogP contribution is 2.14. The van der Waals surface area contributed by atoms with Gasteiger partial charge in [-0.25, -0.2) is 0 Å².